The normalized spacial score (nSPS) is 11.2. The molecular weight excluding hydrogens is 344 g/mol. The molecule has 0 bridgehead atoms. The van der Waals surface area contributed by atoms with Crippen LogP contribution in [0, 0.1) is 6.92 Å². The van der Waals surface area contributed by atoms with Gasteiger partial charge >= 0.3 is 5.97 Å². The van der Waals surface area contributed by atoms with Crippen molar-refractivity contribution in [3.63, 3.8) is 0 Å². The molecule has 0 saturated carbocycles. The molecule has 1 N–H and O–H groups in total. The number of aryl methyl sites for hydroxylation is 1. The van der Waals surface area contributed by atoms with E-state index in [2.05, 4.69) is 10.3 Å². The van der Waals surface area contributed by atoms with Gasteiger partial charge in [-0.25, -0.2) is 4.98 Å². The summed E-state index contributed by atoms with van der Waals surface area (Å²) in [7, 11) is 0. The van der Waals surface area contributed by atoms with E-state index in [1.165, 1.54) is 35.0 Å². The van der Waals surface area contributed by atoms with Gasteiger partial charge in [-0.2, -0.15) is 8.78 Å². The van der Waals surface area contributed by atoms with Gasteiger partial charge in [0, 0.05) is 24.0 Å². The van der Waals surface area contributed by atoms with Crippen LogP contribution in [0.25, 0.3) is 0 Å². The van der Waals surface area contributed by atoms with Crippen LogP contribution in [0.3, 0.4) is 0 Å². The van der Waals surface area contributed by atoms with Crippen LogP contribution in [0.5, 0.6) is 0 Å². The van der Waals surface area contributed by atoms with E-state index in [0.717, 1.165) is 0 Å². The lowest BCUT2D eigenvalue weighted by Crippen LogP contribution is -2.31. The maximum Gasteiger partial charge on any atom is 0.307 e. The summed E-state index contributed by atoms with van der Waals surface area (Å²) in [5, 5.41) is 2.42. The van der Waals surface area contributed by atoms with Crippen molar-refractivity contribution in [2.75, 3.05) is 18.5 Å². The molecule has 26 heavy (non-hydrogen) atoms. The van der Waals surface area contributed by atoms with Gasteiger partial charge in [0.05, 0.1) is 19.6 Å². The molecule has 2 rings (SSSR count). The smallest absolute Gasteiger partial charge is 0.307 e. The Bertz CT molecular complexity index is 807. The van der Waals surface area contributed by atoms with Gasteiger partial charge in [-0.15, -0.1) is 0 Å². The number of benzene rings is 1. The second-order valence-electron chi connectivity index (χ2n) is 5.68. The number of alkyl halides is 2. The standard InChI is InChI=1S/C18H21F2N3O3/c1-3-26-15(24)9-10-23-13(2)11-21-16(17(23)25)22-12-18(19,20)14-7-5-4-6-8-14/h4-8,11H,3,9-10,12H2,1-2H3,(H,21,22). The first-order valence-electron chi connectivity index (χ1n) is 8.24. The third-order valence-electron chi connectivity index (χ3n) is 3.77. The number of esters is 1. The summed E-state index contributed by atoms with van der Waals surface area (Å²) < 4.78 is 34.6. The van der Waals surface area contributed by atoms with Crippen LogP contribution in [-0.2, 0) is 22.0 Å². The van der Waals surface area contributed by atoms with Gasteiger partial charge in [0.1, 0.15) is 0 Å². The lowest BCUT2D eigenvalue weighted by Gasteiger charge is -2.18. The number of carbonyl (C=O) groups is 1. The van der Waals surface area contributed by atoms with E-state index in [1.807, 2.05) is 0 Å². The summed E-state index contributed by atoms with van der Waals surface area (Å²) >= 11 is 0. The number of hydrogen-bond donors (Lipinski definition) is 1. The molecule has 0 fully saturated rings. The van der Waals surface area contributed by atoms with Crippen molar-refractivity contribution in [3.05, 3.63) is 58.1 Å². The molecular formula is C18H21F2N3O3. The lowest BCUT2D eigenvalue weighted by atomic mass is 10.1. The number of hydrogen-bond acceptors (Lipinski definition) is 5. The first kappa shape index (κ1) is 19.6. The monoisotopic (exact) mass is 365 g/mol. The highest BCUT2D eigenvalue weighted by Gasteiger charge is 2.31. The van der Waals surface area contributed by atoms with Gasteiger partial charge in [-0.3, -0.25) is 9.59 Å². The predicted molar refractivity (Wildman–Crippen MR) is 93.3 cm³/mol. The Balaban J connectivity index is 2.12. The number of halogens is 2. The quantitative estimate of drug-likeness (QED) is 0.728. The van der Waals surface area contributed by atoms with Crippen molar-refractivity contribution < 1.29 is 18.3 Å². The van der Waals surface area contributed by atoms with Crippen molar-refractivity contribution in [1.29, 1.82) is 0 Å². The van der Waals surface area contributed by atoms with Crippen LogP contribution < -0.4 is 10.9 Å². The third kappa shape index (κ3) is 4.87. The molecule has 6 nitrogen and oxygen atoms in total. The molecule has 1 aromatic heterocycles. The molecule has 0 aliphatic heterocycles. The summed E-state index contributed by atoms with van der Waals surface area (Å²) in [5.41, 5.74) is -0.180. The van der Waals surface area contributed by atoms with Crippen molar-refractivity contribution >= 4 is 11.8 Å². The number of ether oxygens (including phenoxy) is 1. The third-order valence-corrected chi connectivity index (χ3v) is 3.77. The van der Waals surface area contributed by atoms with Crippen molar-refractivity contribution in [3.8, 4) is 0 Å². The van der Waals surface area contributed by atoms with Crippen LogP contribution in [0.4, 0.5) is 14.6 Å². The fraction of sp³-hybridized carbons (Fsp3) is 0.389. The number of rotatable bonds is 8. The Labute approximate surface area is 149 Å². The minimum absolute atomic E-state index is 0.0121. The van der Waals surface area contributed by atoms with Crippen LogP contribution in [0.15, 0.2) is 41.3 Å². The summed E-state index contributed by atoms with van der Waals surface area (Å²) in [4.78, 5) is 27.8. The van der Waals surface area contributed by atoms with E-state index in [-0.39, 0.29) is 31.0 Å². The highest BCUT2D eigenvalue weighted by Crippen LogP contribution is 2.27. The maximum atomic E-state index is 14.2. The largest absolute Gasteiger partial charge is 0.466 e. The minimum Gasteiger partial charge on any atom is -0.466 e. The molecule has 8 heteroatoms. The summed E-state index contributed by atoms with van der Waals surface area (Å²) in [6.45, 7) is 2.93. The second kappa shape index (κ2) is 8.55. The van der Waals surface area contributed by atoms with E-state index in [0.29, 0.717) is 5.69 Å². The molecule has 0 radical (unpaired) electrons. The zero-order valence-corrected chi connectivity index (χ0v) is 14.7. The first-order chi connectivity index (χ1) is 12.3. The van der Waals surface area contributed by atoms with Gasteiger partial charge < -0.3 is 14.6 Å². The van der Waals surface area contributed by atoms with Crippen LogP contribution in [-0.4, -0.2) is 28.7 Å². The van der Waals surface area contributed by atoms with Gasteiger partial charge in [0.2, 0.25) is 0 Å². The topological polar surface area (TPSA) is 73.2 Å². The molecule has 0 aliphatic rings. The van der Waals surface area contributed by atoms with Crippen LogP contribution in [0.2, 0.25) is 0 Å². The average Bonchev–Trinajstić information content (AvgIpc) is 2.62. The Morgan fingerprint density at radius 2 is 2.00 bits per heavy atom. The highest BCUT2D eigenvalue weighted by atomic mass is 19.3. The fourth-order valence-corrected chi connectivity index (χ4v) is 2.39. The molecule has 0 aliphatic carbocycles. The number of nitrogens with zero attached hydrogens (tertiary/aromatic N) is 2. The molecule has 0 spiro atoms. The molecule has 0 saturated heterocycles. The summed E-state index contributed by atoms with van der Waals surface area (Å²) in [6, 6.07) is 7.34. The minimum atomic E-state index is -3.16. The molecule has 0 atom stereocenters. The van der Waals surface area contributed by atoms with E-state index < -0.39 is 24.0 Å². The number of aromatic nitrogens is 2. The predicted octanol–water partition coefficient (Wildman–Crippen LogP) is 2.71. The number of carbonyl (C=O) groups excluding carboxylic acids is 1. The van der Waals surface area contributed by atoms with Crippen molar-refractivity contribution in [2.45, 2.75) is 32.7 Å². The molecule has 1 aromatic carbocycles. The molecule has 1 heterocycles. The van der Waals surface area contributed by atoms with E-state index in [4.69, 9.17) is 4.74 Å². The Morgan fingerprint density at radius 1 is 1.31 bits per heavy atom. The van der Waals surface area contributed by atoms with Crippen molar-refractivity contribution in [2.24, 2.45) is 0 Å². The molecule has 0 amide bonds. The zero-order valence-electron chi connectivity index (χ0n) is 14.7. The SMILES string of the molecule is CCOC(=O)CCn1c(C)cnc(NCC(F)(F)c2ccccc2)c1=O. The van der Waals surface area contributed by atoms with Gasteiger partial charge in [0.25, 0.3) is 11.5 Å². The second-order valence-corrected chi connectivity index (χ2v) is 5.68. The van der Waals surface area contributed by atoms with Crippen molar-refractivity contribution in [1.82, 2.24) is 9.55 Å². The van der Waals surface area contributed by atoms with E-state index in [9.17, 15) is 18.4 Å². The summed E-state index contributed by atoms with van der Waals surface area (Å²) in [6.07, 6.45) is 1.41. The fourth-order valence-electron chi connectivity index (χ4n) is 2.39. The molecule has 140 valence electrons. The van der Waals surface area contributed by atoms with Gasteiger partial charge in [-0.1, -0.05) is 30.3 Å². The Kier molecular flexibility index (Phi) is 6.43. The lowest BCUT2D eigenvalue weighted by molar-refractivity contribution is -0.143. The molecule has 0 unspecified atom stereocenters. The van der Waals surface area contributed by atoms with Crippen LogP contribution >= 0.6 is 0 Å². The Hall–Kier alpha value is -2.77. The zero-order chi connectivity index (χ0) is 19.2. The summed E-state index contributed by atoms with van der Waals surface area (Å²) in [5.74, 6) is -3.77. The Morgan fingerprint density at radius 3 is 2.65 bits per heavy atom. The van der Waals surface area contributed by atoms with Gasteiger partial charge in [0.15, 0.2) is 5.82 Å². The maximum absolute atomic E-state index is 14.2. The van der Waals surface area contributed by atoms with E-state index >= 15 is 0 Å². The average molecular weight is 365 g/mol. The van der Waals surface area contributed by atoms with Gasteiger partial charge in [-0.05, 0) is 13.8 Å². The van der Waals surface area contributed by atoms with E-state index in [1.54, 1.807) is 19.9 Å². The first-order valence-corrected chi connectivity index (χ1v) is 8.24. The molecule has 2 aromatic rings. The van der Waals surface area contributed by atoms with Crippen LogP contribution in [0.1, 0.15) is 24.6 Å². The number of nitrogens with one attached hydrogen (secondary N) is 1. The highest BCUT2D eigenvalue weighted by molar-refractivity contribution is 5.69. The number of anilines is 1.